The number of fused-ring (bicyclic) bond motifs is 1. The van der Waals surface area contributed by atoms with Gasteiger partial charge in [0.1, 0.15) is 0 Å². The van der Waals surface area contributed by atoms with Gasteiger partial charge in [-0.3, -0.25) is 0 Å². The van der Waals surface area contributed by atoms with E-state index in [1.165, 1.54) is 0 Å². The van der Waals surface area contributed by atoms with Gasteiger partial charge in [0.05, 0.1) is 6.61 Å². The molecule has 2 aromatic heterocycles. The van der Waals surface area contributed by atoms with Gasteiger partial charge in [-0.1, -0.05) is 30.3 Å². The molecule has 4 rings (SSSR count). The summed E-state index contributed by atoms with van der Waals surface area (Å²) in [5, 5.41) is 13.7. The second kappa shape index (κ2) is 9.28. The maximum atomic E-state index is 12.4. The van der Waals surface area contributed by atoms with E-state index in [2.05, 4.69) is 15.3 Å². The maximum Gasteiger partial charge on any atom is 0.347 e. The lowest BCUT2D eigenvalue weighted by molar-refractivity contribution is 0.0524. The second-order valence-corrected chi connectivity index (χ2v) is 6.31. The summed E-state index contributed by atoms with van der Waals surface area (Å²) < 4.78 is 10.9. The highest BCUT2D eigenvalue weighted by atomic mass is 35.5. The molecule has 3 aromatic rings. The number of aromatic hydroxyl groups is 1. The highest BCUT2D eigenvalue weighted by Crippen LogP contribution is 2.38. The van der Waals surface area contributed by atoms with Crippen LogP contribution in [0.25, 0.3) is 11.6 Å². The third-order valence-electron chi connectivity index (χ3n) is 4.39. The van der Waals surface area contributed by atoms with Crippen LogP contribution in [0.1, 0.15) is 34.2 Å². The second-order valence-electron chi connectivity index (χ2n) is 6.31. The van der Waals surface area contributed by atoms with Gasteiger partial charge in [0, 0.05) is 30.1 Å². The number of aromatic nitrogens is 1. The summed E-state index contributed by atoms with van der Waals surface area (Å²) in [6.07, 6.45) is 4.93. The number of nitrogens with zero attached hydrogens (tertiary/aromatic N) is 2. The number of aliphatic imine (C=N–C) groups is 1. The largest absolute Gasteiger partial charge is 0.504 e. The Morgan fingerprint density at radius 3 is 2.80 bits per heavy atom. The predicted molar refractivity (Wildman–Crippen MR) is 118 cm³/mol. The number of carbonyl (C=O) groups excluding carboxylic acids is 1. The maximum absolute atomic E-state index is 12.4. The fraction of sp³-hybridized carbons (Fsp3) is 0.136. The molecule has 0 bridgehead atoms. The first-order chi connectivity index (χ1) is 14.2. The van der Waals surface area contributed by atoms with Crippen LogP contribution in [0.2, 0.25) is 0 Å². The zero-order valence-electron chi connectivity index (χ0n) is 16.2. The van der Waals surface area contributed by atoms with Crippen LogP contribution in [0, 0.1) is 0 Å². The zero-order valence-corrected chi connectivity index (χ0v) is 17.0. The van der Waals surface area contributed by atoms with Crippen molar-refractivity contribution < 1.29 is 19.1 Å². The number of esters is 1. The number of ether oxygens (including phenoxy) is 1. The molecule has 154 valence electrons. The van der Waals surface area contributed by atoms with Crippen LogP contribution in [0.3, 0.4) is 0 Å². The Bertz CT molecular complexity index is 1110. The van der Waals surface area contributed by atoms with Gasteiger partial charge in [-0.2, -0.15) is 0 Å². The fourth-order valence-electron chi connectivity index (χ4n) is 3.01. The molecule has 0 atom stereocenters. The van der Waals surface area contributed by atoms with Crippen molar-refractivity contribution in [1.82, 2.24) is 4.98 Å². The van der Waals surface area contributed by atoms with Crippen LogP contribution in [0.4, 0.5) is 11.7 Å². The minimum atomic E-state index is -0.656. The zero-order chi connectivity index (χ0) is 20.2. The molecule has 8 heteroatoms. The molecule has 0 radical (unpaired) electrons. The van der Waals surface area contributed by atoms with Crippen molar-refractivity contribution in [1.29, 1.82) is 0 Å². The summed E-state index contributed by atoms with van der Waals surface area (Å²) in [6, 6.07) is 13.3. The van der Waals surface area contributed by atoms with Crippen molar-refractivity contribution in [3.8, 4) is 5.75 Å². The van der Waals surface area contributed by atoms with Gasteiger partial charge in [-0.15, -0.1) is 12.4 Å². The van der Waals surface area contributed by atoms with E-state index in [1.54, 1.807) is 31.5 Å². The van der Waals surface area contributed by atoms with Gasteiger partial charge in [0.2, 0.25) is 5.88 Å². The molecule has 0 saturated heterocycles. The number of allylic oxidation sites excluding steroid dienone is 1. The van der Waals surface area contributed by atoms with Gasteiger partial charge in [-0.25, -0.2) is 14.8 Å². The molecule has 30 heavy (non-hydrogen) atoms. The van der Waals surface area contributed by atoms with Crippen molar-refractivity contribution in [3.63, 3.8) is 0 Å². The summed E-state index contributed by atoms with van der Waals surface area (Å²) in [4.78, 5) is 20.8. The Labute approximate surface area is 179 Å². The first-order valence-corrected chi connectivity index (χ1v) is 9.19. The molecule has 1 aliphatic rings. The first kappa shape index (κ1) is 21.1. The van der Waals surface area contributed by atoms with Crippen molar-refractivity contribution in [2.45, 2.75) is 13.5 Å². The van der Waals surface area contributed by atoms with E-state index in [0.29, 0.717) is 12.4 Å². The number of rotatable bonds is 6. The lowest BCUT2D eigenvalue weighted by atomic mass is 10.1. The SMILES string of the molecule is CCOC(=O)c1c(NCc2ccccc2)oc(C=C2C=Nc3ncccc32)c1O.Cl. The molecule has 7 nitrogen and oxygen atoms in total. The van der Waals surface area contributed by atoms with Crippen molar-refractivity contribution >= 4 is 47.9 Å². The van der Waals surface area contributed by atoms with Crippen LogP contribution >= 0.6 is 12.4 Å². The third kappa shape index (κ3) is 4.21. The van der Waals surface area contributed by atoms with Gasteiger partial charge in [0.15, 0.2) is 22.9 Å². The Balaban J connectivity index is 0.00000256. The van der Waals surface area contributed by atoms with E-state index < -0.39 is 5.97 Å². The summed E-state index contributed by atoms with van der Waals surface area (Å²) in [5.41, 5.74) is 2.51. The standard InChI is InChI=1S/C22H19N3O4.ClH/c1-2-28-22(27)18-19(26)17(11-15-13-24-20-16(15)9-6-10-23-20)29-21(18)25-12-14-7-4-3-5-8-14;/h3-11,13,25-26H,2,12H2,1H3;1H. The van der Waals surface area contributed by atoms with Gasteiger partial charge >= 0.3 is 5.97 Å². The third-order valence-corrected chi connectivity index (χ3v) is 4.39. The van der Waals surface area contributed by atoms with Crippen molar-refractivity contribution in [2.75, 3.05) is 11.9 Å². The predicted octanol–water partition coefficient (Wildman–Crippen LogP) is 4.85. The summed E-state index contributed by atoms with van der Waals surface area (Å²) in [6.45, 7) is 2.31. The molecule has 0 spiro atoms. The van der Waals surface area contributed by atoms with Crippen LogP contribution in [0.15, 0.2) is 58.1 Å². The summed E-state index contributed by atoms with van der Waals surface area (Å²) in [7, 11) is 0. The smallest absolute Gasteiger partial charge is 0.347 e. The van der Waals surface area contributed by atoms with E-state index in [-0.39, 0.29) is 42.0 Å². The number of pyridine rings is 1. The summed E-state index contributed by atoms with van der Waals surface area (Å²) >= 11 is 0. The number of halogens is 1. The lowest BCUT2D eigenvalue weighted by Gasteiger charge is -2.06. The molecule has 0 unspecified atom stereocenters. The highest BCUT2D eigenvalue weighted by Gasteiger charge is 2.27. The van der Waals surface area contributed by atoms with Crippen LogP contribution in [-0.2, 0) is 11.3 Å². The van der Waals surface area contributed by atoms with E-state index in [9.17, 15) is 9.90 Å². The van der Waals surface area contributed by atoms with Crippen LogP contribution in [-0.4, -0.2) is 28.9 Å². The minimum absolute atomic E-state index is 0. The Kier molecular flexibility index (Phi) is 6.54. The Hall–Kier alpha value is -3.58. The highest BCUT2D eigenvalue weighted by molar-refractivity contribution is 6.21. The number of benzene rings is 1. The molecular weight excluding hydrogens is 406 g/mol. The van der Waals surface area contributed by atoms with Gasteiger partial charge < -0.3 is 19.6 Å². The summed E-state index contributed by atoms with van der Waals surface area (Å²) in [5.74, 6) is -0.0500. The first-order valence-electron chi connectivity index (χ1n) is 9.19. The van der Waals surface area contributed by atoms with E-state index in [1.807, 2.05) is 36.4 Å². The molecule has 0 saturated carbocycles. The molecule has 1 aliphatic heterocycles. The Morgan fingerprint density at radius 2 is 2.03 bits per heavy atom. The molecule has 0 amide bonds. The molecule has 0 aliphatic carbocycles. The number of anilines is 1. The molecular formula is C22H20ClN3O4. The van der Waals surface area contributed by atoms with Crippen molar-refractivity contribution in [2.24, 2.45) is 4.99 Å². The number of furan rings is 1. The number of hydrogen-bond acceptors (Lipinski definition) is 7. The molecule has 1 aromatic carbocycles. The topological polar surface area (TPSA) is 97.0 Å². The van der Waals surface area contributed by atoms with Gasteiger partial charge in [0.25, 0.3) is 0 Å². The normalized spacial score (nSPS) is 13.0. The quantitative estimate of drug-likeness (QED) is 0.548. The minimum Gasteiger partial charge on any atom is -0.504 e. The van der Waals surface area contributed by atoms with E-state index in [4.69, 9.17) is 9.15 Å². The number of hydrogen-bond donors (Lipinski definition) is 2. The van der Waals surface area contributed by atoms with Crippen molar-refractivity contribution in [3.05, 3.63) is 71.1 Å². The number of carbonyl (C=O) groups is 1. The fourth-order valence-corrected chi connectivity index (χ4v) is 3.01. The van der Waals surface area contributed by atoms with Gasteiger partial charge in [-0.05, 0) is 30.7 Å². The monoisotopic (exact) mass is 425 g/mol. The molecule has 3 heterocycles. The molecule has 0 fully saturated rings. The Morgan fingerprint density at radius 1 is 1.23 bits per heavy atom. The number of nitrogens with one attached hydrogen (secondary N) is 1. The average Bonchev–Trinajstić information content (AvgIpc) is 3.29. The van der Waals surface area contributed by atoms with E-state index >= 15 is 0 Å². The molecule has 2 N–H and O–H groups in total. The lowest BCUT2D eigenvalue weighted by Crippen LogP contribution is -2.08. The van der Waals surface area contributed by atoms with Crippen LogP contribution < -0.4 is 5.32 Å². The average molecular weight is 426 g/mol. The van der Waals surface area contributed by atoms with E-state index in [0.717, 1.165) is 16.7 Å². The van der Waals surface area contributed by atoms with Crippen LogP contribution in [0.5, 0.6) is 5.75 Å².